The molecule has 1 aromatic rings. The Kier molecular flexibility index (Phi) is 8.58. The van der Waals surface area contributed by atoms with Crippen molar-refractivity contribution < 1.29 is 14.1 Å². The number of ether oxygens (including phenoxy) is 1. The van der Waals surface area contributed by atoms with Crippen LogP contribution in [0.4, 0.5) is 0 Å². The van der Waals surface area contributed by atoms with E-state index in [1.54, 1.807) is 0 Å². The van der Waals surface area contributed by atoms with Crippen LogP contribution in [-0.4, -0.2) is 50.2 Å². The first-order chi connectivity index (χ1) is 9.76. The second-order valence-corrected chi connectivity index (χ2v) is 4.54. The van der Waals surface area contributed by atoms with Gasteiger partial charge in [-0.25, -0.2) is 0 Å². The molecule has 0 saturated heterocycles. The Morgan fingerprint density at radius 1 is 1.15 bits per heavy atom. The minimum atomic E-state index is 0.00791. The summed E-state index contributed by atoms with van der Waals surface area (Å²) in [6.07, 6.45) is 3.75. The van der Waals surface area contributed by atoms with E-state index in [9.17, 15) is 4.79 Å². The number of carbonyl (C=O) groups is 1. The normalized spacial score (nSPS) is 10.8. The highest BCUT2D eigenvalue weighted by Gasteiger charge is 2.07. The van der Waals surface area contributed by atoms with E-state index in [1.165, 1.54) is 0 Å². The molecule has 0 atom stereocenters. The largest absolute Gasteiger partial charge is 0.378 e. The van der Waals surface area contributed by atoms with Gasteiger partial charge in [0.05, 0.1) is 13.2 Å². The van der Waals surface area contributed by atoms with E-state index >= 15 is 0 Å². The molecule has 20 heavy (non-hydrogen) atoms. The molecule has 0 radical (unpaired) electrons. The third-order valence-electron chi connectivity index (χ3n) is 3.12. The van der Waals surface area contributed by atoms with E-state index in [4.69, 9.17) is 4.74 Å². The van der Waals surface area contributed by atoms with Crippen molar-refractivity contribution in [1.82, 2.24) is 10.2 Å². The third-order valence-corrected chi connectivity index (χ3v) is 3.12. The van der Waals surface area contributed by atoms with Gasteiger partial charge in [-0.1, -0.05) is 19.9 Å². The van der Waals surface area contributed by atoms with Gasteiger partial charge in [0.1, 0.15) is 0 Å². The Balaban J connectivity index is 2.02. The fourth-order valence-electron chi connectivity index (χ4n) is 1.86. The van der Waals surface area contributed by atoms with Crippen LogP contribution in [0.15, 0.2) is 30.6 Å². The van der Waals surface area contributed by atoms with Crippen molar-refractivity contribution in [2.45, 2.75) is 20.4 Å². The molecule has 0 unspecified atom stereocenters. The smallest absolute Gasteiger partial charge is 0.286 e. The van der Waals surface area contributed by atoms with Gasteiger partial charge >= 0.3 is 0 Å². The molecule has 1 aromatic heterocycles. The summed E-state index contributed by atoms with van der Waals surface area (Å²) in [6, 6.07) is 5.74. The van der Waals surface area contributed by atoms with Crippen LogP contribution in [0.5, 0.6) is 0 Å². The Morgan fingerprint density at radius 2 is 1.85 bits per heavy atom. The SMILES string of the molecule is CCN(CC)CCOCCNC(=O)C[n+]1ccccc1. The van der Waals surface area contributed by atoms with Crippen LogP contribution in [0.25, 0.3) is 0 Å². The zero-order chi connectivity index (χ0) is 14.6. The number of pyridine rings is 1. The molecule has 0 spiro atoms. The molecule has 112 valence electrons. The van der Waals surface area contributed by atoms with E-state index < -0.39 is 0 Å². The fraction of sp³-hybridized carbons (Fsp3) is 0.600. The molecule has 5 nitrogen and oxygen atoms in total. The van der Waals surface area contributed by atoms with Gasteiger partial charge in [-0.15, -0.1) is 0 Å². The number of hydrogen-bond acceptors (Lipinski definition) is 3. The monoisotopic (exact) mass is 280 g/mol. The highest BCUT2D eigenvalue weighted by atomic mass is 16.5. The van der Waals surface area contributed by atoms with Gasteiger partial charge in [-0.3, -0.25) is 4.79 Å². The molecule has 5 heteroatoms. The van der Waals surface area contributed by atoms with Crippen molar-refractivity contribution >= 4 is 5.91 Å². The third kappa shape index (κ3) is 7.21. The summed E-state index contributed by atoms with van der Waals surface area (Å²) in [5.74, 6) is 0.00791. The van der Waals surface area contributed by atoms with Gasteiger partial charge in [0.15, 0.2) is 12.4 Å². The van der Waals surface area contributed by atoms with Crippen molar-refractivity contribution in [1.29, 1.82) is 0 Å². The van der Waals surface area contributed by atoms with Crippen molar-refractivity contribution in [2.75, 3.05) is 39.4 Å². The average molecular weight is 280 g/mol. The van der Waals surface area contributed by atoms with Gasteiger partial charge in [0.25, 0.3) is 5.91 Å². The van der Waals surface area contributed by atoms with Crippen LogP contribution in [0.2, 0.25) is 0 Å². The molecule has 1 rings (SSSR count). The van der Waals surface area contributed by atoms with Crippen molar-refractivity contribution in [3.05, 3.63) is 30.6 Å². The number of aromatic nitrogens is 1. The van der Waals surface area contributed by atoms with E-state index in [0.29, 0.717) is 26.3 Å². The van der Waals surface area contributed by atoms with Crippen LogP contribution in [0, 0.1) is 0 Å². The van der Waals surface area contributed by atoms with Crippen LogP contribution < -0.4 is 9.88 Å². The zero-order valence-corrected chi connectivity index (χ0v) is 12.5. The van der Waals surface area contributed by atoms with E-state index in [0.717, 1.165) is 19.6 Å². The summed E-state index contributed by atoms with van der Waals surface area (Å²) < 4.78 is 7.35. The molecule has 0 aliphatic heterocycles. The lowest BCUT2D eigenvalue weighted by Crippen LogP contribution is -2.43. The van der Waals surface area contributed by atoms with Gasteiger partial charge in [-0.2, -0.15) is 4.57 Å². The summed E-state index contributed by atoms with van der Waals surface area (Å²) >= 11 is 0. The lowest BCUT2D eigenvalue weighted by molar-refractivity contribution is -0.684. The van der Waals surface area contributed by atoms with Crippen molar-refractivity contribution in [3.8, 4) is 0 Å². The van der Waals surface area contributed by atoms with Gasteiger partial charge in [0, 0.05) is 25.2 Å². The summed E-state index contributed by atoms with van der Waals surface area (Å²) in [4.78, 5) is 14.0. The summed E-state index contributed by atoms with van der Waals surface area (Å²) in [7, 11) is 0. The van der Waals surface area contributed by atoms with Gasteiger partial charge in [0.2, 0.25) is 6.54 Å². The highest BCUT2D eigenvalue weighted by Crippen LogP contribution is 1.86. The Morgan fingerprint density at radius 3 is 2.50 bits per heavy atom. The standard InChI is InChI=1S/C15H25N3O2/c1-3-17(4-2)11-13-20-12-8-16-15(19)14-18-9-6-5-7-10-18/h5-7,9-10H,3-4,8,11-14H2,1-2H3/p+1. The number of carbonyl (C=O) groups excluding carboxylic acids is 1. The second kappa shape index (κ2) is 10.3. The number of amides is 1. The minimum absolute atomic E-state index is 0.00791. The van der Waals surface area contributed by atoms with Crippen molar-refractivity contribution in [2.24, 2.45) is 0 Å². The Labute approximate surface area is 121 Å². The fourth-order valence-corrected chi connectivity index (χ4v) is 1.86. The first-order valence-corrected chi connectivity index (χ1v) is 7.27. The topological polar surface area (TPSA) is 45.5 Å². The second-order valence-electron chi connectivity index (χ2n) is 4.54. The molecular formula is C15H26N3O2+. The molecule has 0 bridgehead atoms. The molecule has 1 heterocycles. The van der Waals surface area contributed by atoms with Crippen LogP contribution >= 0.6 is 0 Å². The molecule has 1 amide bonds. The van der Waals surface area contributed by atoms with E-state index in [2.05, 4.69) is 24.1 Å². The molecule has 1 N–H and O–H groups in total. The van der Waals surface area contributed by atoms with Gasteiger partial charge in [-0.05, 0) is 13.1 Å². The molecule has 0 fully saturated rings. The number of hydrogen-bond donors (Lipinski definition) is 1. The van der Waals surface area contributed by atoms with E-state index in [-0.39, 0.29) is 5.91 Å². The predicted molar refractivity (Wildman–Crippen MR) is 78.3 cm³/mol. The van der Waals surface area contributed by atoms with Crippen LogP contribution in [0.3, 0.4) is 0 Å². The quantitative estimate of drug-likeness (QED) is 0.500. The minimum Gasteiger partial charge on any atom is -0.378 e. The number of likely N-dealkylation sites (N-methyl/N-ethyl adjacent to an activating group) is 1. The lowest BCUT2D eigenvalue weighted by Gasteiger charge is -2.17. The Bertz CT molecular complexity index is 367. The summed E-state index contributed by atoms with van der Waals surface area (Å²) in [6.45, 7) is 9.51. The first kappa shape index (κ1) is 16.6. The average Bonchev–Trinajstić information content (AvgIpc) is 2.47. The summed E-state index contributed by atoms with van der Waals surface area (Å²) in [5, 5.41) is 2.85. The van der Waals surface area contributed by atoms with Crippen molar-refractivity contribution in [3.63, 3.8) is 0 Å². The summed E-state index contributed by atoms with van der Waals surface area (Å²) in [5.41, 5.74) is 0. The maximum Gasteiger partial charge on any atom is 0.286 e. The number of rotatable bonds is 10. The predicted octanol–water partition coefficient (Wildman–Crippen LogP) is 0.449. The Hall–Kier alpha value is -1.46. The van der Waals surface area contributed by atoms with Gasteiger partial charge < -0.3 is 15.0 Å². The maximum atomic E-state index is 11.7. The lowest BCUT2D eigenvalue weighted by atomic mass is 10.4. The number of nitrogens with one attached hydrogen (secondary N) is 1. The molecule has 0 aromatic carbocycles. The molecular weight excluding hydrogens is 254 g/mol. The highest BCUT2D eigenvalue weighted by molar-refractivity contribution is 5.74. The van der Waals surface area contributed by atoms with Crippen LogP contribution in [0.1, 0.15) is 13.8 Å². The van der Waals surface area contributed by atoms with Crippen LogP contribution in [-0.2, 0) is 16.1 Å². The zero-order valence-electron chi connectivity index (χ0n) is 12.5. The first-order valence-electron chi connectivity index (χ1n) is 7.27. The molecule has 0 aliphatic carbocycles. The molecule has 0 saturated carbocycles. The number of nitrogens with zero attached hydrogens (tertiary/aromatic N) is 2. The van der Waals surface area contributed by atoms with E-state index in [1.807, 2.05) is 35.2 Å². The molecule has 0 aliphatic rings. The maximum absolute atomic E-state index is 11.7.